The van der Waals surface area contributed by atoms with Gasteiger partial charge in [-0.3, -0.25) is 0 Å². The largest absolute Gasteiger partial charge is 0.488 e. The van der Waals surface area contributed by atoms with Crippen LogP contribution in [0.1, 0.15) is 89.3 Å². The molecule has 0 saturated carbocycles. The molecule has 6 aromatic rings. The molecule has 0 saturated heterocycles. The van der Waals surface area contributed by atoms with E-state index in [9.17, 15) is 52.5 Å². The van der Waals surface area contributed by atoms with Crippen LogP contribution in [0.5, 0.6) is 23.0 Å². The highest BCUT2D eigenvalue weighted by Crippen LogP contribution is 2.41. The smallest absolute Gasteiger partial charge is 0.461 e. The van der Waals surface area contributed by atoms with E-state index in [1.807, 2.05) is 0 Å². The van der Waals surface area contributed by atoms with Gasteiger partial charge in [0.25, 0.3) is 0 Å². The number of aliphatic hydroxyl groups is 1. The van der Waals surface area contributed by atoms with Gasteiger partial charge in [0.2, 0.25) is 0 Å². The molecule has 3 atom stereocenters. The summed E-state index contributed by atoms with van der Waals surface area (Å²) >= 11 is 0. The molecule has 0 bridgehead atoms. The molecule has 0 unspecified atom stereocenters. The van der Waals surface area contributed by atoms with Gasteiger partial charge in [0.1, 0.15) is 23.1 Å². The molecule has 4 N–H and O–H groups in total. The first-order valence-electron chi connectivity index (χ1n) is 23.2. The number of rotatable bonds is 20. The van der Waals surface area contributed by atoms with Crippen LogP contribution in [-0.4, -0.2) is 58.4 Å². The number of aliphatic hydroxyl groups excluding tert-OH is 1. The standard InChI is InChI=1S/C29H31F6NO3S.C25H23F6NO2.CH4O.CH4/c1-18(2)38-25-12-11-20(15-24(25)31)28(36-40(37)27(3,4)5,17-19-9-7-6-8-10-19)21-13-22(30)16-23(14-21)39-29(34,35)26(32)33;1-15(2)33-22-9-8-17(12-21(22)27)24(32,14-16-6-4-3-5-7-16)18-10-19(26)13-20(11-18)34-25(30,31)23(28)29;1-2;/h6-16,18,26,36H,17H2,1-5H3;3-13,15,23H,14,32H2,1-2H3;2H,1H3;1H4/t28-,40-;24-;;/m11../s1. The highest BCUT2D eigenvalue weighted by atomic mass is 32.2. The predicted octanol–water partition coefficient (Wildman–Crippen LogP) is 14.2. The summed E-state index contributed by atoms with van der Waals surface area (Å²) in [4.78, 5) is 0. The van der Waals surface area contributed by atoms with Gasteiger partial charge in [-0.1, -0.05) is 80.2 Å². The number of hydrogen-bond acceptors (Lipinski definition) is 7. The van der Waals surface area contributed by atoms with Crippen molar-refractivity contribution in [2.24, 2.45) is 5.73 Å². The molecule has 0 aliphatic heterocycles. The van der Waals surface area contributed by atoms with Crippen LogP contribution < -0.4 is 29.4 Å². The fourth-order valence-electron chi connectivity index (χ4n) is 7.42. The monoisotopic (exact) mass is 1120 g/mol. The van der Waals surface area contributed by atoms with Gasteiger partial charge in [-0.05, 0) is 143 Å². The molecule has 0 spiro atoms. The molecular weight excluding hydrogens is 1060 g/mol. The van der Waals surface area contributed by atoms with Gasteiger partial charge in [0.15, 0.2) is 23.1 Å². The van der Waals surface area contributed by atoms with E-state index in [-0.39, 0.29) is 66.2 Å². The van der Waals surface area contributed by atoms with Crippen LogP contribution in [0.25, 0.3) is 0 Å². The zero-order chi connectivity index (χ0) is 57.0. The van der Waals surface area contributed by atoms with Gasteiger partial charge in [-0.25, -0.2) is 26.5 Å². The minimum absolute atomic E-state index is 0. The summed E-state index contributed by atoms with van der Waals surface area (Å²) in [6.45, 7) is 11.9. The van der Waals surface area contributed by atoms with Crippen molar-refractivity contribution in [3.8, 4) is 23.0 Å². The van der Waals surface area contributed by atoms with Crippen molar-refractivity contribution in [1.82, 2.24) is 4.72 Å². The highest BCUT2D eigenvalue weighted by molar-refractivity contribution is 7.84. The first kappa shape index (κ1) is 65.0. The first-order chi connectivity index (χ1) is 35.4. The fraction of sp³-hybridized carbons (Fsp3) is 0.357. The van der Waals surface area contributed by atoms with Crippen molar-refractivity contribution in [3.63, 3.8) is 0 Å². The molecule has 0 fully saturated rings. The molecule has 422 valence electrons. The quantitative estimate of drug-likeness (QED) is 0.0653. The number of halogens is 12. The van der Waals surface area contributed by atoms with Gasteiger partial charge < -0.3 is 29.8 Å². The Morgan fingerprint density at radius 2 is 0.935 bits per heavy atom. The maximum absolute atomic E-state index is 15.3. The molecule has 8 nitrogen and oxygen atoms in total. The van der Waals surface area contributed by atoms with Crippen molar-refractivity contribution in [3.05, 3.63) is 190 Å². The molecular formula is C56H62F12N2O6S. The highest BCUT2D eigenvalue weighted by Gasteiger charge is 2.46. The van der Waals surface area contributed by atoms with Gasteiger partial charge in [-0.15, -0.1) is 0 Å². The number of ether oxygens (including phenoxy) is 4. The van der Waals surface area contributed by atoms with Crippen LogP contribution in [-0.2, 0) is 34.9 Å². The van der Waals surface area contributed by atoms with Crippen molar-refractivity contribution in [2.45, 2.75) is 122 Å². The molecule has 77 heavy (non-hydrogen) atoms. The fourth-order valence-corrected chi connectivity index (χ4v) is 8.35. The van der Waals surface area contributed by atoms with Crippen molar-refractivity contribution in [2.75, 3.05) is 7.11 Å². The van der Waals surface area contributed by atoms with E-state index in [0.29, 0.717) is 23.3 Å². The molecule has 6 aromatic carbocycles. The van der Waals surface area contributed by atoms with E-state index in [4.69, 9.17) is 20.3 Å². The SMILES string of the molecule is C.CC(C)Oc1ccc([C@@](Cc2ccccc2)(N[S@](=O)C(C)(C)C)c2cc(F)cc(OC(F)(F)C(F)F)c2)cc1F.CC(C)Oc1ccc([C@](N)(Cc2ccccc2)c2cc(F)cc(OC(F)(F)C(F)F)c2)cc1F.CO. The van der Waals surface area contributed by atoms with E-state index in [0.717, 1.165) is 43.5 Å². The number of nitrogens with one attached hydrogen (secondary N) is 1. The molecule has 0 heterocycles. The summed E-state index contributed by atoms with van der Waals surface area (Å²) < 4.78 is 200. The molecule has 0 amide bonds. The maximum atomic E-state index is 15.3. The van der Waals surface area contributed by atoms with E-state index in [1.165, 1.54) is 24.3 Å². The molecule has 6 rings (SSSR count). The Bertz CT molecular complexity index is 2840. The van der Waals surface area contributed by atoms with E-state index >= 15 is 4.39 Å². The topological polar surface area (TPSA) is 112 Å². The van der Waals surface area contributed by atoms with Gasteiger partial charge in [0, 0.05) is 19.2 Å². The second-order valence-electron chi connectivity index (χ2n) is 18.6. The Morgan fingerprint density at radius 3 is 1.34 bits per heavy atom. The second kappa shape index (κ2) is 27.3. The predicted molar refractivity (Wildman–Crippen MR) is 272 cm³/mol. The normalized spacial score (nSPS) is 13.8. The van der Waals surface area contributed by atoms with E-state index in [1.54, 1.807) is 109 Å². The lowest BCUT2D eigenvalue weighted by atomic mass is 9.78. The lowest BCUT2D eigenvalue weighted by molar-refractivity contribution is -0.253. The van der Waals surface area contributed by atoms with E-state index < -0.39 is 86.6 Å². The number of alkyl halides is 8. The van der Waals surface area contributed by atoms with Gasteiger partial charge in [-0.2, -0.15) is 35.1 Å². The Morgan fingerprint density at radius 1 is 0.545 bits per heavy atom. The van der Waals surface area contributed by atoms with Gasteiger partial charge in [0.05, 0.1) is 39.0 Å². The van der Waals surface area contributed by atoms with Crippen molar-refractivity contribution >= 4 is 11.0 Å². The maximum Gasteiger partial charge on any atom is 0.461 e. The third-order valence-corrected chi connectivity index (χ3v) is 12.5. The van der Waals surface area contributed by atoms with Crippen LogP contribution in [0.2, 0.25) is 0 Å². The minimum Gasteiger partial charge on any atom is -0.488 e. The first-order valence-corrected chi connectivity index (χ1v) is 24.4. The van der Waals surface area contributed by atoms with Crippen molar-refractivity contribution < 1.29 is 80.9 Å². The molecule has 0 radical (unpaired) electrons. The zero-order valence-electron chi connectivity index (χ0n) is 42.4. The number of hydrogen-bond donors (Lipinski definition) is 3. The molecule has 0 aliphatic rings. The van der Waals surface area contributed by atoms with Gasteiger partial charge >= 0.3 is 25.1 Å². The van der Waals surface area contributed by atoms with Crippen molar-refractivity contribution in [1.29, 1.82) is 0 Å². The Labute approximate surface area is 443 Å². The van der Waals surface area contributed by atoms with Crippen LogP contribution in [0.3, 0.4) is 0 Å². The third kappa shape index (κ3) is 17.6. The Hall–Kier alpha value is -6.29. The summed E-state index contributed by atoms with van der Waals surface area (Å²) in [6, 6.07) is 30.2. The average Bonchev–Trinajstić information content (AvgIpc) is 3.32. The molecule has 0 aromatic heterocycles. The summed E-state index contributed by atoms with van der Waals surface area (Å²) in [5.74, 6) is -5.45. The molecule has 21 heteroatoms. The average molecular weight is 1120 g/mol. The Balaban J connectivity index is 0.000000392. The molecule has 0 aliphatic carbocycles. The zero-order valence-corrected chi connectivity index (χ0v) is 43.3. The summed E-state index contributed by atoms with van der Waals surface area (Å²) in [7, 11) is -0.877. The van der Waals surface area contributed by atoms with E-state index in [2.05, 4.69) is 14.2 Å². The lowest BCUT2D eigenvalue weighted by Crippen LogP contribution is -2.50. The summed E-state index contributed by atoms with van der Waals surface area (Å²) in [5.41, 5.74) is 4.80. The van der Waals surface area contributed by atoms with Crippen LogP contribution in [0.4, 0.5) is 52.7 Å². The van der Waals surface area contributed by atoms with Crippen LogP contribution >= 0.6 is 0 Å². The minimum atomic E-state index is -4.91. The Kier molecular flexibility index (Phi) is 23.1. The van der Waals surface area contributed by atoms with Crippen LogP contribution in [0.15, 0.2) is 133 Å². The number of nitrogens with two attached hydrogens (primary N) is 1. The van der Waals surface area contributed by atoms with Crippen LogP contribution in [0, 0.1) is 23.3 Å². The second-order valence-corrected chi connectivity index (χ2v) is 20.6. The summed E-state index contributed by atoms with van der Waals surface area (Å²) in [6.07, 6.45) is -18.8. The third-order valence-electron chi connectivity index (χ3n) is 10.8. The lowest BCUT2D eigenvalue weighted by Gasteiger charge is -2.38. The summed E-state index contributed by atoms with van der Waals surface area (Å²) in [5, 5.41) is 7.00. The number of benzene rings is 6.